The Morgan fingerprint density at radius 3 is 2.45 bits per heavy atom. The molecule has 0 atom stereocenters. The highest BCUT2D eigenvalue weighted by Gasteiger charge is 2.20. The van der Waals surface area contributed by atoms with E-state index in [9.17, 15) is 4.79 Å². The van der Waals surface area contributed by atoms with Gasteiger partial charge < -0.3 is 24.4 Å². The number of nitrogens with zero attached hydrogens (tertiary/aromatic N) is 1. The van der Waals surface area contributed by atoms with Gasteiger partial charge in [0.05, 0.1) is 23.9 Å². The number of fused-ring (bicyclic) bond motifs is 1. The standard InChI is InChI=1S/C13H15ClN2O4/c14-9-7-11-12(20-6-5-19-11)8-10(9)15-13(17)16-1-3-18-4-2-16/h7-8H,1-6H2,(H,15,17). The van der Waals surface area contributed by atoms with Crippen LogP contribution in [0.25, 0.3) is 0 Å². The molecule has 2 aliphatic rings. The van der Waals surface area contributed by atoms with Gasteiger partial charge in [0.15, 0.2) is 11.5 Å². The van der Waals surface area contributed by atoms with Crippen LogP contribution in [0, 0.1) is 0 Å². The van der Waals surface area contributed by atoms with Crippen molar-refractivity contribution < 1.29 is 19.0 Å². The largest absolute Gasteiger partial charge is 0.486 e. The average molecular weight is 299 g/mol. The van der Waals surface area contributed by atoms with E-state index in [1.165, 1.54) is 0 Å². The summed E-state index contributed by atoms with van der Waals surface area (Å²) in [5.74, 6) is 1.20. The normalized spacial score (nSPS) is 17.8. The third-order valence-electron chi connectivity index (χ3n) is 3.17. The van der Waals surface area contributed by atoms with E-state index in [4.69, 9.17) is 25.8 Å². The Morgan fingerprint density at radius 2 is 1.75 bits per heavy atom. The number of ether oxygens (including phenoxy) is 3. The molecular formula is C13H15ClN2O4. The molecule has 0 spiro atoms. The first-order chi connectivity index (χ1) is 9.74. The van der Waals surface area contributed by atoms with Gasteiger partial charge >= 0.3 is 6.03 Å². The van der Waals surface area contributed by atoms with Crippen molar-refractivity contribution in [3.8, 4) is 11.5 Å². The molecular weight excluding hydrogens is 284 g/mol. The Kier molecular flexibility index (Phi) is 3.84. The number of anilines is 1. The van der Waals surface area contributed by atoms with Gasteiger partial charge in [0.2, 0.25) is 0 Å². The minimum absolute atomic E-state index is 0.188. The second kappa shape index (κ2) is 5.76. The van der Waals surface area contributed by atoms with E-state index >= 15 is 0 Å². The van der Waals surface area contributed by atoms with Crippen molar-refractivity contribution in [1.29, 1.82) is 0 Å². The van der Waals surface area contributed by atoms with Gasteiger partial charge in [-0.15, -0.1) is 0 Å². The molecule has 3 rings (SSSR count). The van der Waals surface area contributed by atoms with Crippen molar-refractivity contribution in [2.45, 2.75) is 0 Å². The van der Waals surface area contributed by atoms with Crippen LogP contribution in [0.3, 0.4) is 0 Å². The van der Waals surface area contributed by atoms with Crippen LogP contribution in [0.2, 0.25) is 5.02 Å². The van der Waals surface area contributed by atoms with Crippen molar-refractivity contribution >= 4 is 23.3 Å². The van der Waals surface area contributed by atoms with Crippen molar-refractivity contribution in [3.05, 3.63) is 17.2 Å². The van der Waals surface area contributed by atoms with Gasteiger partial charge in [-0.05, 0) is 0 Å². The molecule has 0 bridgehead atoms. The number of carbonyl (C=O) groups excluding carboxylic acids is 1. The van der Waals surface area contributed by atoms with Gasteiger partial charge in [0.1, 0.15) is 13.2 Å². The van der Waals surface area contributed by atoms with Gasteiger partial charge in [0, 0.05) is 25.2 Å². The lowest BCUT2D eigenvalue weighted by Crippen LogP contribution is -2.43. The number of halogens is 1. The molecule has 6 nitrogen and oxygen atoms in total. The Balaban J connectivity index is 1.74. The van der Waals surface area contributed by atoms with Crippen molar-refractivity contribution in [1.82, 2.24) is 4.90 Å². The summed E-state index contributed by atoms with van der Waals surface area (Å²) in [5.41, 5.74) is 0.521. The summed E-state index contributed by atoms with van der Waals surface area (Å²) in [6, 6.07) is 3.16. The van der Waals surface area contributed by atoms with E-state index in [2.05, 4.69) is 5.32 Å². The minimum Gasteiger partial charge on any atom is -0.486 e. The zero-order chi connectivity index (χ0) is 13.9. The molecule has 1 aromatic rings. The zero-order valence-electron chi connectivity index (χ0n) is 10.9. The van der Waals surface area contributed by atoms with Crippen LogP contribution in [0.5, 0.6) is 11.5 Å². The smallest absolute Gasteiger partial charge is 0.322 e. The van der Waals surface area contributed by atoms with Crippen LogP contribution in [0.15, 0.2) is 12.1 Å². The van der Waals surface area contributed by atoms with E-state index in [1.54, 1.807) is 17.0 Å². The zero-order valence-corrected chi connectivity index (χ0v) is 11.6. The molecule has 0 saturated carbocycles. The average Bonchev–Trinajstić information content (AvgIpc) is 2.49. The van der Waals surface area contributed by atoms with E-state index in [-0.39, 0.29) is 6.03 Å². The Morgan fingerprint density at radius 1 is 1.10 bits per heavy atom. The fourth-order valence-electron chi connectivity index (χ4n) is 2.12. The Hall–Kier alpha value is -1.66. The van der Waals surface area contributed by atoms with E-state index in [0.29, 0.717) is 61.7 Å². The topological polar surface area (TPSA) is 60.0 Å². The molecule has 1 N–H and O–H groups in total. The summed E-state index contributed by atoms with van der Waals surface area (Å²) >= 11 is 6.15. The number of carbonyl (C=O) groups is 1. The lowest BCUT2D eigenvalue weighted by Gasteiger charge is -2.27. The van der Waals surface area contributed by atoms with Gasteiger partial charge in [-0.25, -0.2) is 4.79 Å². The van der Waals surface area contributed by atoms with Gasteiger partial charge in [-0.3, -0.25) is 0 Å². The number of hydrogen-bond donors (Lipinski definition) is 1. The maximum atomic E-state index is 12.1. The molecule has 0 unspecified atom stereocenters. The summed E-state index contributed by atoms with van der Waals surface area (Å²) in [7, 11) is 0. The second-order valence-electron chi connectivity index (χ2n) is 4.51. The highest BCUT2D eigenvalue weighted by molar-refractivity contribution is 6.34. The maximum Gasteiger partial charge on any atom is 0.322 e. The SMILES string of the molecule is O=C(Nc1cc2c(cc1Cl)OCCO2)N1CCOCC1. The molecule has 108 valence electrons. The molecule has 7 heteroatoms. The second-order valence-corrected chi connectivity index (χ2v) is 4.91. The third kappa shape index (κ3) is 2.76. The highest BCUT2D eigenvalue weighted by atomic mass is 35.5. The number of urea groups is 1. The number of morpholine rings is 1. The van der Waals surface area contributed by atoms with Crippen molar-refractivity contribution in [3.63, 3.8) is 0 Å². The molecule has 2 aliphatic heterocycles. The summed E-state index contributed by atoms with van der Waals surface area (Å²) in [5, 5.41) is 3.22. The molecule has 2 amide bonds. The number of rotatable bonds is 1. The molecule has 0 aliphatic carbocycles. The molecule has 0 aromatic heterocycles. The number of amides is 2. The predicted octanol–water partition coefficient (Wildman–Crippen LogP) is 1.98. The maximum absolute atomic E-state index is 12.1. The van der Waals surface area contributed by atoms with E-state index in [0.717, 1.165) is 0 Å². The van der Waals surface area contributed by atoms with Crippen LogP contribution in [0.4, 0.5) is 10.5 Å². The molecule has 1 saturated heterocycles. The lowest BCUT2D eigenvalue weighted by molar-refractivity contribution is 0.0564. The van der Waals surface area contributed by atoms with Gasteiger partial charge in [-0.1, -0.05) is 11.6 Å². The summed E-state index contributed by atoms with van der Waals surface area (Å²) < 4.78 is 16.1. The fourth-order valence-corrected chi connectivity index (χ4v) is 2.32. The number of benzene rings is 1. The lowest BCUT2D eigenvalue weighted by atomic mass is 10.2. The summed E-state index contributed by atoms with van der Waals surface area (Å²) in [4.78, 5) is 13.8. The van der Waals surface area contributed by atoms with Crippen molar-refractivity contribution in [2.75, 3.05) is 44.8 Å². The Labute approximate surface area is 121 Å². The fraction of sp³-hybridized carbons (Fsp3) is 0.462. The molecule has 0 radical (unpaired) electrons. The first-order valence-corrected chi connectivity index (χ1v) is 6.84. The minimum atomic E-state index is -0.188. The molecule has 1 fully saturated rings. The third-order valence-corrected chi connectivity index (χ3v) is 3.48. The number of hydrogen-bond acceptors (Lipinski definition) is 4. The van der Waals surface area contributed by atoms with E-state index in [1.807, 2.05) is 0 Å². The number of nitrogens with one attached hydrogen (secondary N) is 1. The summed E-state index contributed by atoms with van der Waals surface area (Å²) in [6.45, 7) is 3.26. The van der Waals surface area contributed by atoms with Crippen LogP contribution >= 0.6 is 11.6 Å². The van der Waals surface area contributed by atoms with Crippen molar-refractivity contribution in [2.24, 2.45) is 0 Å². The van der Waals surface area contributed by atoms with Crippen LogP contribution in [-0.4, -0.2) is 50.4 Å². The monoisotopic (exact) mass is 298 g/mol. The first kappa shape index (κ1) is 13.3. The summed E-state index contributed by atoms with van der Waals surface area (Å²) in [6.07, 6.45) is 0. The van der Waals surface area contributed by atoms with Crippen LogP contribution < -0.4 is 14.8 Å². The Bertz CT molecular complexity index is 517. The van der Waals surface area contributed by atoms with E-state index < -0.39 is 0 Å². The first-order valence-electron chi connectivity index (χ1n) is 6.47. The molecule has 1 aromatic carbocycles. The highest BCUT2D eigenvalue weighted by Crippen LogP contribution is 2.38. The molecule has 2 heterocycles. The van der Waals surface area contributed by atoms with Crippen LogP contribution in [-0.2, 0) is 4.74 Å². The van der Waals surface area contributed by atoms with Crippen LogP contribution in [0.1, 0.15) is 0 Å². The molecule has 20 heavy (non-hydrogen) atoms. The quantitative estimate of drug-likeness (QED) is 0.861. The van der Waals surface area contributed by atoms with Gasteiger partial charge in [0.25, 0.3) is 0 Å². The predicted molar refractivity (Wildman–Crippen MR) is 73.9 cm³/mol. The van der Waals surface area contributed by atoms with Gasteiger partial charge in [-0.2, -0.15) is 0 Å².